The zero-order valence-electron chi connectivity index (χ0n) is 24.6. The molecule has 1 unspecified atom stereocenters. The Labute approximate surface area is 238 Å². The second-order valence-electron chi connectivity index (χ2n) is 9.73. The predicted molar refractivity (Wildman–Crippen MR) is 157 cm³/mol. The number of amides is 1. The van der Waals surface area contributed by atoms with Gasteiger partial charge in [0.2, 0.25) is 0 Å². The van der Waals surface area contributed by atoms with Crippen LogP contribution in [-0.2, 0) is 9.59 Å². The summed E-state index contributed by atoms with van der Waals surface area (Å²) < 4.78 is 17.5. The predicted octanol–water partition coefficient (Wildman–Crippen LogP) is 5.82. The molecule has 0 spiro atoms. The lowest BCUT2D eigenvalue weighted by atomic mass is 9.95. The molecule has 1 atom stereocenters. The van der Waals surface area contributed by atoms with Crippen LogP contribution in [0.2, 0.25) is 0 Å². The van der Waals surface area contributed by atoms with Crippen molar-refractivity contribution < 1.29 is 28.9 Å². The maximum atomic E-state index is 13.5. The zero-order chi connectivity index (χ0) is 29.1. The third-order valence-electron chi connectivity index (χ3n) is 7.03. The molecule has 40 heavy (non-hydrogen) atoms. The van der Waals surface area contributed by atoms with E-state index < -0.39 is 17.7 Å². The Hall–Kier alpha value is -3.52. The highest BCUT2D eigenvalue weighted by molar-refractivity contribution is 6.46. The Kier molecular flexibility index (Phi) is 11.9. The zero-order valence-corrected chi connectivity index (χ0v) is 24.6. The fourth-order valence-electron chi connectivity index (χ4n) is 4.74. The molecular weight excluding hydrogens is 508 g/mol. The number of likely N-dealkylation sites (N-methyl/N-ethyl adjacent to an activating group) is 1. The molecule has 1 saturated heterocycles. The molecule has 1 aliphatic rings. The minimum Gasteiger partial charge on any atom is -0.507 e. The van der Waals surface area contributed by atoms with Gasteiger partial charge in [-0.1, -0.05) is 40.2 Å². The fourth-order valence-corrected chi connectivity index (χ4v) is 4.74. The van der Waals surface area contributed by atoms with Gasteiger partial charge >= 0.3 is 0 Å². The lowest BCUT2D eigenvalue weighted by Gasteiger charge is -2.28. The topological polar surface area (TPSA) is 88.5 Å². The van der Waals surface area contributed by atoms with Gasteiger partial charge in [-0.25, -0.2) is 0 Å². The Morgan fingerprint density at radius 1 is 0.875 bits per heavy atom. The number of rotatable bonds is 16. The summed E-state index contributed by atoms with van der Waals surface area (Å²) in [6.07, 6.45) is 2.81. The highest BCUT2D eigenvalue weighted by Gasteiger charge is 2.46. The normalized spacial score (nSPS) is 16.6. The van der Waals surface area contributed by atoms with Crippen molar-refractivity contribution in [2.45, 2.75) is 59.9 Å². The molecule has 0 saturated carbocycles. The molecule has 8 heteroatoms. The van der Waals surface area contributed by atoms with E-state index in [1.165, 1.54) is 0 Å². The van der Waals surface area contributed by atoms with Crippen LogP contribution in [0.4, 0.5) is 0 Å². The average molecular weight is 553 g/mol. The van der Waals surface area contributed by atoms with Crippen molar-refractivity contribution in [3.63, 3.8) is 0 Å². The molecular formula is C32H44N2O6. The highest BCUT2D eigenvalue weighted by Crippen LogP contribution is 2.42. The monoisotopic (exact) mass is 552 g/mol. The van der Waals surface area contributed by atoms with Gasteiger partial charge in [0.15, 0.2) is 11.5 Å². The van der Waals surface area contributed by atoms with Crippen molar-refractivity contribution in [2.75, 3.05) is 46.0 Å². The van der Waals surface area contributed by atoms with Crippen molar-refractivity contribution in [3.8, 4) is 17.2 Å². The van der Waals surface area contributed by atoms with E-state index in [1.807, 2.05) is 32.0 Å². The molecule has 2 aromatic rings. The number of carbonyl (C=O) groups excluding carboxylic acids is 2. The lowest BCUT2D eigenvalue weighted by molar-refractivity contribution is -0.140. The van der Waals surface area contributed by atoms with Gasteiger partial charge < -0.3 is 29.1 Å². The molecule has 0 radical (unpaired) electrons. The van der Waals surface area contributed by atoms with E-state index in [0.29, 0.717) is 61.3 Å². The SMILES string of the molecule is CCCCOc1ccc(C2C(=C(O)c3ccc(OCCC)cc3)C(=O)C(=O)N2CCN(CC)CC)cc1OCC. The summed E-state index contributed by atoms with van der Waals surface area (Å²) in [7, 11) is 0. The molecule has 1 fully saturated rings. The first-order valence-corrected chi connectivity index (χ1v) is 14.5. The molecule has 1 amide bonds. The second kappa shape index (κ2) is 15.3. The van der Waals surface area contributed by atoms with E-state index >= 15 is 0 Å². The number of aliphatic hydroxyl groups excluding tert-OH is 1. The van der Waals surface area contributed by atoms with Crippen LogP contribution in [0.25, 0.3) is 5.76 Å². The first-order chi connectivity index (χ1) is 19.4. The fraction of sp³-hybridized carbons (Fsp3) is 0.500. The molecule has 0 aromatic heterocycles. The number of unbranched alkanes of at least 4 members (excludes halogenated alkanes) is 1. The van der Waals surface area contributed by atoms with Crippen molar-refractivity contribution in [2.24, 2.45) is 0 Å². The van der Waals surface area contributed by atoms with Gasteiger partial charge in [-0.15, -0.1) is 0 Å². The molecule has 1 aliphatic heterocycles. The van der Waals surface area contributed by atoms with Gasteiger partial charge in [0.1, 0.15) is 11.5 Å². The summed E-state index contributed by atoms with van der Waals surface area (Å²) in [5.41, 5.74) is 1.18. The highest BCUT2D eigenvalue weighted by atomic mass is 16.5. The number of carbonyl (C=O) groups is 2. The summed E-state index contributed by atoms with van der Waals surface area (Å²) in [4.78, 5) is 30.6. The number of ether oxygens (including phenoxy) is 3. The lowest BCUT2D eigenvalue weighted by Crippen LogP contribution is -2.38. The number of aliphatic hydroxyl groups is 1. The van der Waals surface area contributed by atoms with Crippen LogP contribution in [0.3, 0.4) is 0 Å². The minimum absolute atomic E-state index is 0.0638. The smallest absolute Gasteiger partial charge is 0.295 e. The van der Waals surface area contributed by atoms with Gasteiger partial charge in [-0.05, 0) is 74.8 Å². The number of ketones is 1. The van der Waals surface area contributed by atoms with Gasteiger partial charge in [-0.3, -0.25) is 9.59 Å². The molecule has 0 aliphatic carbocycles. The Bertz CT molecular complexity index is 1160. The Balaban J connectivity index is 2.08. The first-order valence-electron chi connectivity index (χ1n) is 14.5. The molecule has 3 rings (SSSR count). The summed E-state index contributed by atoms with van der Waals surface area (Å²) >= 11 is 0. The molecule has 1 heterocycles. The molecule has 2 aromatic carbocycles. The van der Waals surface area contributed by atoms with E-state index in [-0.39, 0.29) is 11.3 Å². The summed E-state index contributed by atoms with van der Waals surface area (Å²) in [6.45, 7) is 14.3. The average Bonchev–Trinajstić information content (AvgIpc) is 3.22. The minimum atomic E-state index is -0.768. The van der Waals surface area contributed by atoms with Crippen LogP contribution in [0.1, 0.15) is 71.0 Å². The van der Waals surface area contributed by atoms with E-state index in [1.54, 1.807) is 29.2 Å². The number of likely N-dealkylation sites (tertiary alicyclic amines) is 1. The number of Topliss-reactive ketones (excluding diaryl/α,β-unsaturated/α-hetero) is 1. The molecule has 218 valence electrons. The Morgan fingerprint density at radius 2 is 1.60 bits per heavy atom. The van der Waals surface area contributed by atoms with Crippen LogP contribution < -0.4 is 14.2 Å². The first kappa shape index (κ1) is 31.0. The molecule has 0 bridgehead atoms. The van der Waals surface area contributed by atoms with E-state index in [4.69, 9.17) is 14.2 Å². The summed E-state index contributed by atoms with van der Waals surface area (Å²) in [5, 5.41) is 11.4. The Morgan fingerprint density at radius 3 is 2.23 bits per heavy atom. The summed E-state index contributed by atoms with van der Waals surface area (Å²) in [5.74, 6) is 0.300. The second-order valence-corrected chi connectivity index (χ2v) is 9.73. The number of hydrogen-bond donors (Lipinski definition) is 1. The van der Waals surface area contributed by atoms with E-state index in [9.17, 15) is 14.7 Å². The van der Waals surface area contributed by atoms with Crippen molar-refractivity contribution >= 4 is 17.4 Å². The number of nitrogens with zero attached hydrogens (tertiary/aromatic N) is 2. The number of benzene rings is 2. The van der Waals surface area contributed by atoms with E-state index in [0.717, 1.165) is 32.4 Å². The maximum Gasteiger partial charge on any atom is 0.295 e. The molecule has 1 N–H and O–H groups in total. The van der Waals surface area contributed by atoms with Gasteiger partial charge in [-0.2, -0.15) is 0 Å². The maximum absolute atomic E-state index is 13.5. The standard InChI is InChI=1S/C32H44N2O6/c1-6-11-21-40-26-17-14-24(22-27(26)38-10-5)29-28(30(35)23-12-15-25(16-13-23)39-20-7-2)31(36)32(37)34(29)19-18-33(8-3)9-4/h12-17,22,29,35H,6-11,18-21H2,1-5H3. The van der Waals surface area contributed by atoms with Crippen molar-refractivity contribution in [3.05, 3.63) is 59.2 Å². The van der Waals surface area contributed by atoms with Crippen LogP contribution in [0.5, 0.6) is 17.2 Å². The molecule has 8 nitrogen and oxygen atoms in total. The van der Waals surface area contributed by atoms with E-state index in [2.05, 4.69) is 25.7 Å². The van der Waals surface area contributed by atoms with Crippen LogP contribution >= 0.6 is 0 Å². The quantitative estimate of drug-likeness (QED) is 0.122. The van der Waals surface area contributed by atoms with Crippen LogP contribution in [-0.4, -0.2) is 72.6 Å². The largest absolute Gasteiger partial charge is 0.507 e. The summed E-state index contributed by atoms with van der Waals surface area (Å²) in [6, 6.07) is 11.6. The van der Waals surface area contributed by atoms with Crippen molar-refractivity contribution in [1.82, 2.24) is 9.80 Å². The third-order valence-corrected chi connectivity index (χ3v) is 7.03. The van der Waals surface area contributed by atoms with Gasteiger partial charge in [0.05, 0.1) is 31.4 Å². The van der Waals surface area contributed by atoms with Gasteiger partial charge in [0.25, 0.3) is 11.7 Å². The third kappa shape index (κ3) is 7.36. The van der Waals surface area contributed by atoms with Crippen LogP contribution in [0.15, 0.2) is 48.0 Å². The van der Waals surface area contributed by atoms with Gasteiger partial charge in [0, 0.05) is 18.7 Å². The van der Waals surface area contributed by atoms with Crippen molar-refractivity contribution in [1.29, 1.82) is 0 Å². The van der Waals surface area contributed by atoms with Crippen LogP contribution in [0, 0.1) is 0 Å². The number of hydrogen-bond acceptors (Lipinski definition) is 7.